The molecule has 0 aliphatic heterocycles. The van der Waals surface area contributed by atoms with Crippen molar-refractivity contribution < 1.29 is 0 Å². The van der Waals surface area contributed by atoms with Crippen LogP contribution in [0.15, 0.2) is 11.3 Å². The number of nitrogens with two attached hydrogens (primary N) is 2. The van der Waals surface area contributed by atoms with Gasteiger partial charge in [0.15, 0.2) is 5.84 Å². The molecular formula is C7H14N6. The summed E-state index contributed by atoms with van der Waals surface area (Å²) < 4.78 is 1.73. The molecule has 72 valence electrons. The standard InChI is InChI=1S/C7H14N6/c1-5-6(4-10-12(5)2)7(8)11-13(3)9/h4H,9H2,1-3H3,(H2,8,11). The minimum absolute atomic E-state index is 0.371. The van der Waals surface area contributed by atoms with Gasteiger partial charge in [0.2, 0.25) is 0 Å². The number of amidine groups is 1. The highest BCUT2D eigenvalue weighted by atomic mass is 15.6. The maximum atomic E-state index is 5.69. The van der Waals surface area contributed by atoms with E-state index in [2.05, 4.69) is 10.2 Å². The smallest absolute Gasteiger partial charge is 0.155 e. The van der Waals surface area contributed by atoms with Crippen LogP contribution in [0.25, 0.3) is 0 Å². The molecule has 1 aromatic rings. The van der Waals surface area contributed by atoms with E-state index in [9.17, 15) is 0 Å². The van der Waals surface area contributed by atoms with Gasteiger partial charge in [-0.15, -0.1) is 5.10 Å². The van der Waals surface area contributed by atoms with Crippen LogP contribution in [0.3, 0.4) is 0 Å². The van der Waals surface area contributed by atoms with E-state index in [0.717, 1.165) is 11.3 Å². The molecule has 13 heavy (non-hydrogen) atoms. The molecule has 0 spiro atoms. The molecule has 1 aromatic heterocycles. The fraction of sp³-hybridized carbons (Fsp3) is 0.429. The SMILES string of the molecule is Cc1c(/C(N)=N/N(C)N)cnn1C. The Kier molecular flexibility index (Phi) is 2.52. The number of hydrazine groups is 1. The van der Waals surface area contributed by atoms with E-state index in [1.807, 2.05) is 14.0 Å². The molecule has 1 heterocycles. The van der Waals surface area contributed by atoms with Crippen LogP contribution in [0.2, 0.25) is 0 Å². The van der Waals surface area contributed by atoms with Gasteiger partial charge in [0.05, 0.1) is 11.8 Å². The molecule has 0 atom stereocenters. The minimum atomic E-state index is 0.371. The molecular weight excluding hydrogens is 168 g/mol. The number of nitrogens with zero attached hydrogens (tertiary/aromatic N) is 4. The summed E-state index contributed by atoms with van der Waals surface area (Å²) in [5.41, 5.74) is 7.45. The van der Waals surface area contributed by atoms with Gasteiger partial charge in [0.25, 0.3) is 0 Å². The third-order valence-electron chi connectivity index (χ3n) is 1.78. The van der Waals surface area contributed by atoms with Crippen LogP contribution in [0.1, 0.15) is 11.3 Å². The molecule has 4 N–H and O–H groups in total. The Morgan fingerprint density at radius 3 is 2.69 bits per heavy atom. The molecule has 0 amide bonds. The van der Waals surface area contributed by atoms with Crippen molar-refractivity contribution >= 4 is 5.84 Å². The number of rotatable bonds is 2. The summed E-state index contributed by atoms with van der Waals surface area (Å²) >= 11 is 0. The monoisotopic (exact) mass is 182 g/mol. The van der Waals surface area contributed by atoms with Crippen LogP contribution in [-0.4, -0.2) is 27.8 Å². The van der Waals surface area contributed by atoms with Gasteiger partial charge in [0, 0.05) is 19.8 Å². The zero-order valence-electron chi connectivity index (χ0n) is 8.02. The van der Waals surface area contributed by atoms with Crippen molar-refractivity contribution in [1.82, 2.24) is 14.9 Å². The van der Waals surface area contributed by atoms with E-state index >= 15 is 0 Å². The summed E-state index contributed by atoms with van der Waals surface area (Å²) in [6.07, 6.45) is 1.66. The second-order valence-corrected chi connectivity index (χ2v) is 2.83. The van der Waals surface area contributed by atoms with E-state index < -0.39 is 0 Å². The van der Waals surface area contributed by atoms with Crippen molar-refractivity contribution in [3.05, 3.63) is 17.5 Å². The second-order valence-electron chi connectivity index (χ2n) is 2.83. The van der Waals surface area contributed by atoms with Gasteiger partial charge in [-0.3, -0.25) is 4.68 Å². The minimum Gasteiger partial charge on any atom is -0.382 e. The summed E-state index contributed by atoms with van der Waals surface area (Å²) in [4.78, 5) is 0. The predicted molar refractivity (Wildman–Crippen MR) is 50.6 cm³/mol. The van der Waals surface area contributed by atoms with Crippen molar-refractivity contribution in [2.24, 2.45) is 23.7 Å². The predicted octanol–water partition coefficient (Wildman–Crippen LogP) is -0.846. The van der Waals surface area contributed by atoms with Crippen LogP contribution in [-0.2, 0) is 7.05 Å². The number of aryl methyl sites for hydroxylation is 1. The molecule has 0 fully saturated rings. The topological polar surface area (TPSA) is 85.5 Å². The number of hydrogen-bond acceptors (Lipinski definition) is 4. The van der Waals surface area contributed by atoms with E-state index in [-0.39, 0.29) is 0 Å². The lowest BCUT2D eigenvalue weighted by Crippen LogP contribution is -2.25. The average molecular weight is 182 g/mol. The summed E-state index contributed by atoms with van der Waals surface area (Å²) in [5.74, 6) is 5.70. The van der Waals surface area contributed by atoms with Crippen LogP contribution < -0.4 is 11.6 Å². The molecule has 0 saturated carbocycles. The summed E-state index contributed by atoms with van der Waals surface area (Å²) in [7, 11) is 3.46. The van der Waals surface area contributed by atoms with Crippen molar-refractivity contribution in [2.45, 2.75) is 6.92 Å². The van der Waals surface area contributed by atoms with Crippen LogP contribution in [0.4, 0.5) is 0 Å². The average Bonchev–Trinajstić information content (AvgIpc) is 2.31. The first-order valence-corrected chi connectivity index (χ1v) is 3.84. The highest BCUT2D eigenvalue weighted by Gasteiger charge is 2.07. The van der Waals surface area contributed by atoms with Gasteiger partial charge >= 0.3 is 0 Å². The summed E-state index contributed by atoms with van der Waals surface area (Å²) in [5, 5.41) is 9.08. The second kappa shape index (κ2) is 3.44. The molecule has 1 rings (SSSR count). The van der Waals surface area contributed by atoms with Crippen molar-refractivity contribution in [3.63, 3.8) is 0 Å². The maximum Gasteiger partial charge on any atom is 0.155 e. The van der Waals surface area contributed by atoms with Crippen molar-refractivity contribution in [3.8, 4) is 0 Å². The fourth-order valence-corrected chi connectivity index (χ4v) is 0.974. The first-order chi connectivity index (χ1) is 6.02. The Hall–Kier alpha value is -1.56. The Bertz CT molecular complexity index is 324. The Labute approximate surface area is 76.8 Å². The zero-order valence-corrected chi connectivity index (χ0v) is 8.02. The van der Waals surface area contributed by atoms with Gasteiger partial charge in [-0.25, -0.2) is 11.0 Å². The highest BCUT2D eigenvalue weighted by molar-refractivity contribution is 5.98. The van der Waals surface area contributed by atoms with Gasteiger partial charge in [0.1, 0.15) is 0 Å². The molecule has 0 radical (unpaired) electrons. The molecule has 0 bridgehead atoms. The molecule has 0 unspecified atom stereocenters. The summed E-state index contributed by atoms with van der Waals surface area (Å²) in [6.45, 7) is 1.92. The molecule has 0 aliphatic rings. The van der Waals surface area contributed by atoms with Gasteiger partial charge in [-0.05, 0) is 6.92 Å². The van der Waals surface area contributed by atoms with E-state index in [4.69, 9.17) is 11.6 Å². The van der Waals surface area contributed by atoms with Crippen LogP contribution in [0, 0.1) is 6.92 Å². The van der Waals surface area contributed by atoms with Crippen molar-refractivity contribution in [1.29, 1.82) is 0 Å². The third-order valence-corrected chi connectivity index (χ3v) is 1.78. The van der Waals surface area contributed by atoms with Gasteiger partial charge in [-0.1, -0.05) is 0 Å². The Morgan fingerprint density at radius 1 is 1.69 bits per heavy atom. The maximum absolute atomic E-state index is 5.69. The largest absolute Gasteiger partial charge is 0.382 e. The van der Waals surface area contributed by atoms with Gasteiger partial charge < -0.3 is 5.73 Å². The van der Waals surface area contributed by atoms with Crippen molar-refractivity contribution in [2.75, 3.05) is 7.05 Å². The molecule has 0 aromatic carbocycles. The third kappa shape index (κ3) is 1.97. The molecule has 6 heteroatoms. The number of hydrogen-bond donors (Lipinski definition) is 2. The van der Waals surface area contributed by atoms with E-state index in [0.29, 0.717) is 5.84 Å². The Morgan fingerprint density at radius 2 is 2.31 bits per heavy atom. The lowest BCUT2D eigenvalue weighted by molar-refractivity contribution is 0.371. The first-order valence-electron chi connectivity index (χ1n) is 3.84. The molecule has 0 saturated heterocycles. The molecule has 0 aliphatic carbocycles. The van der Waals surface area contributed by atoms with Gasteiger partial charge in [-0.2, -0.15) is 5.10 Å². The quantitative estimate of drug-likeness (QED) is 0.270. The van der Waals surface area contributed by atoms with Crippen LogP contribution >= 0.6 is 0 Å². The van der Waals surface area contributed by atoms with E-state index in [1.165, 1.54) is 5.12 Å². The summed E-state index contributed by atoms with van der Waals surface area (Å²) in [6, 6.07) is 0. The fourth-order valence-electron chi connectivity index (χ4n) is 0.974. The van der Waals surface area contributed by atoms with Crippen LogP contribution in [0.5, 0.6) is 0 Å². The number of aromatic nitrogens is 2. The Balaban J connectivity index is 3.02. The van der Waals surface area contributed by atoms with E-state index in [1.54, 1.807) is 17.9 Å². The first kappa shape index (κ1) is 9.53. The normalized spacial score (nSPS) is 11.8. The molecule has 6 nitrogen and oxygen atoms in total. The zero-order chi connectivity index (χ0) is 10.0. The lowest BCUT2D eigenvalue weighted by Gasteiger charge is -2.05. The lowest BCUT2D eigenvalue weighted by atomic mass is 10.2. The number of hydrazone groups is 1. The highest BCUT2D eigenvalue weighted by Crippen LogP contribution is 2.04.